The number of aromatic amines is 1. The van der Waals surface area contributed by atoms with E-state index in [0.29, 0.717) is 19.5 Å². The number of carbonyl (C=O) groups is 1. The molecule has 0 saturated heterocycles. The van der Waals surface area contributed by atoms with E-state index in [2.05, 4.69) is 16.9 Å². The summed E-state index contributed by atoms with van der Waals surface area (Å²) in [6.07, 6.45) is 3.71. The third kappa shape index (κ3) is 4.16. The zero-order valence-corrected chi connectivity index (χ0v) is 12.5. The molecule has 21 heavy (non-hydrogen) atoms. The van der Waals surface area contributed by atoms with Crippen molar-refractivity contribution in [1.29, 1.82) is 0 Å². The van der Waals surface area contributed by atoms with Crippen molar-refractivity contribution in [2.24, 2.45) is 0 Å². The number of aryl methyl sites for hydroxylation is 2. The number of aromatic nitrogens is 2. The highest BCUT2D eigenvalue weighted by Crippen LogP contribution is 2.12. The van der Waals surface area contributed by atoms with E-state index in [1.165, 1.54) is 11.1 Å². The Morgan fingerprint density at radius 2 is 2.14 bits per heavy atom. The second-order valence-corrected chi connectivity index (χ2v) is 5.17. The summed E-state index contributed by atoms with van der Waals surface area (Å²) in [5.74, 6) is 0.709. The first-order valence-corrected chi connectivity index (χ1v) is 7.03. The van der Waals surface area contributed by atoms with E-state index < -0.39 is 0 Å². The lowest BCUT2D eigenvalue weighted by Crippen LogP contribution is -2.34. The summed E-state index contributed by atoms with van der Waals surface area (Å²) in [6.45, 7) is 4.73. The molecule has 1 aromatic carbocycles. The lowest BCUT2D eigenvalue weighted by molar-refractivity contribution is -0.131. The Morgan fingerprint density at radius 1 is 1.33 bits per heavy atom. The molecular formula is C16H21N3O2. The van der Waals surface area contributed by atoms with Crippen LogP contribution in [0.4, 0.5) is 0 Å². The fraction of sp³-hybridized carbons (Fsp3) is 0.375. The average molecular weight is 287 g/mol. The highest BCUT2D eigenvalue weighted by molar-refractivity contribution is 5.78. The summed E-state index contributed by atoms with van der Waals surface area (Å²) < 4.78 is 0. The van der Waals surface area contributed by atoms with Gasteiger partial charge in [-0.05, 0) is 30.5 Å². The first kappa shape index (κ1) is 15.3. The van der Waals surface area contributed by atoms with Gasteiger partial charge in [0.1, 0.15) is 5.82 Å². The van der Waals surface area contributed by atoms with Crippen molar-refractivity contribution >= 4 is 5.91 Å². The Labute approximate surface area is 124 Å². The molecular weight excluding hydrogens is 266 g/mol. The number of H-pyrrole nitrogens is 1. The summed E-state index contributed by atoms with van der Waals surface area (Å²) in [7, 11) is 0. The largest absolute Gasteiger partial charge is 0.395 e. The molecule has 0 aliphatic heterocycles. The highest BCUT2D eigenvalue weighted by Gasteiger charge is 2.15. The molecule has 0 bridgehead atoms. The normalized spacial score (nSPS) is 10.6. The number of aliphatic hydroxyl groups excluding tert-OH is 1. The van der Waals surface area contributed by atoms with Crippen molar-refractivity contribution in [3.05, 3.63) is 53.1 Å². The lowest BCUT2D eigenvalue weighted by Gasteiger charge is -2.21. The third-order valence-electron chi connectivity index (χ3n) is 3.54. The summed E-state index contributed by atoms with van der Waals surface area (Å²) >= 11 is 0. The molecule has 2 N–H and O–H groups in total. The first-order chi connectivity index (χ1) is 10.1. The second kappa shape index (κ2) is 7.04. The van der Waals surface area contributed by atoms with Gasteiger partial charge >= 0.3 is 0 Å². The number of hydrogen-bond donors (Lipinski definition) is 2. The van der Waals surface area contributed by atoms with E-state index in [4.69, 9.17) is 5.11 Å². The maximum atomic E-state index is 12.4. The zero-order valence-electron chi connectivity index (χ0n) is 12.5. The van der Waals surface area contributed by atoms with Gasteiger partial charge < -0.3 is 15.0 Å². The molecule has 0 fully saturated rings. The third-order valence-corrected chi connectivity index (χ3v) is 3.54. The Bertz CT molecular complexity index is 594. The van der Waals surface area contributed by atoms with Crippen molar-refractivity contribution in [2.45, 2.75) is 26.8 Å². The number of nitrogens with zero attached hydrogens (tertiary/aromatic N) is 2. The molecule has 112 valence electrons. The minimum atomic E-state index is -0.0562. The van der Waals surface area contributed by atoms with Crippen molar-refractivity contribution < 1.29 is 9.90 Å². The van der Waals surface area contributed by atoms with Crippen LogP contribution in [0.2, 0.25) is 0 Å². The van der Waals surface area contributed by atoms with E-state index in [0.717, 1.165) is 11.4 Å². The molecule has 0 spiro atoms. The molecule has 0 atom stereocenters. The average Bonchev–Trinajstić information content (AvgIpc) is 2.95. The summed E-state index contributed by atoms with van der Waals surface area (Å²) in [4.78, 5) is 21.1. The van der Waals surface area contributed by atoms with Gasteiger partial charge in [0, 0.05) is 18.9 Å². The lowest BCUT2D eigenvalue weighted by atomic mass is 10.0. The van der Waals surface area contributed by atoms with Gasteiger partial charge in [-0.25, -0.2) is 4.98 Å². The SMILES string of the molecule is Cc1ccc(CC(=O)N(CCO)Cc2ncc[nH]2)cc1C. The monoisotopic (exact) mass is 287 g/mol. The van der Waals surface area contributed by atoms with Gasteiger partial charge in [-0.1, -0.05) is 18.2 Å². The maximum Gasteiger partial charge on any atom is 0.227 e. The second-order valence-electron chi connectivity index (χ2n) is 5.17. The van der Waals surface area contributed by atoms with Crippen molar-refractivity contribution in [3.63, 3.8) is 0 Å². The highest BCUT2D eigenvalue weighted by atomic mass is 16.3. The van der Waals surface area contributed by atoms with Gasteiger partial charge in [0.15, 0.2) is 0 Å². The van der Waals surface area contributed by atoms with Crippen LogP contribution in [0.5, 0.6) is 0 Å². The molecule has 2 rings (SSSR count). The molecule has 0 radical (unpaired) electrons. The minimum Gasteiger partial charge on any atom is -0.395 e. The number of carbonyl (C=O) groups excluding carboxylic acids is 1. The molecule has 0 aliphatic carbocycles. The molecule has 0 unspecified atom stereocenters. The van der Waals surface area contributed by atoms with Crippen LogP contribution in [0.1, 0.15) is 22.5 Å². The number of nitrogens with one attached hydrogen (secondary N) is 1. The Balaban J connectivity index is 2.05. The van der Waals surface area contributed by atoms with Crippen LogP contribution in [0.15, 0.2) is 30.6 Å². The molecule has 5 nitrogen and oxygen atoms in total. The van der Waals surface area contributed by atoms with Crippen LogP contribution in [0.25, 0.3) is 0 Å². The van der Waals surface area contributed by atoms with Gasteiger partial charge in [-0.2, -0.15) is 0 Å². The maximum absolute atomic E-state index is 12.4. The fourth-order valence-electron chi connectivity index (χ4n) is 2.18. The van der Waals surface area contributed by atoms with Crippen LogP contribution >= 0.6 is 0 Å². The van der Waals surface area contributed by atoms with Gasteiger partial charge in [-0.3, -0.25) is 4.79 Å². The molecule has 1 amide bonds. The van der Waals surface area contributed by atoms with Crippen LogP contribution in [-0.4, -0.2) is 39.0 Å². The topological polar surface area (TPSA) is 69.2 Å². The fourth-order valence-corrected chi connectivity index (χ4v) is 2.18. The van der Waals surface area contributed by atoms with E-state index in [1.807, 2.05) is 25.1 Å². The zero-order chi connectivity index (χ0) is 15.2. The number of hydrogen-bond acceptors (Lipinski definition) is 3. The van der Waals surface area contributed by atoms with Crippen molar-refractivity contribution in [3.8, 4) is 0 Å². The molecule has 1 heterocycles. The van der Waals surface area contributed by atoms with E-state index >= 15 is 0 Å². The predicted molar refractivity (Wildman–Crippen MR) is 80.7 cm³/mol. The van der Waals surface area contributed by atoms with Crippen molar-refractivity contribution in [1.82, 2.24) is 14.9 Å². The smallest absolute Gasteiger partial charge is 0.227 e. The van der Waals surface area contributed by atoms with Crippen LogP contribution < -0.4 is 0 Å². The van der Waals surface area contributed by atoms with Crippen LogP contribution in [-0.2, 0) is 17.8 Å². The quantitative estimate of drug-likeness (QED) is 0.847. The van der Waals surface area contributed by atoms with Crippen LogP contribution in [0, 0.1) is 13.8 Å². The van der Waals surface area contributed by atoms with Crippen LogP contribution in [0.3, 0.4) is 0 Å². The van der Waals surface area contributed by atoms with Gasteiger partial charge in [0.25, 0.3) is 0 Å². The Morgan fingerprint density at radius 3 is 2.76 bits per heavy atom. The first-order valence-electron chi connectivity index (χ1n) is 7.03. The predicted octanol–water partition coefficient (Wildman–Crippen LogP) is 1.59. The molecule has 1 aromatic heterocycles. The minimum absolute atomic E-state index is 0.0105. The Kier molecular flexibility index (Phi) is 5.11. The number of aliphatic hydroxyl groups is 1. The number of benzene rings is 1. The summed E-state index contributed by atoms with van der Waals surface area (Å²) in [6, 6.07) is 6.04. The standard InChI is InChI=1S/C16H21N3O2/c1-12-3-4-14(9-13(12)2)10-16(21)19(7-8-20)11-15-17-5-6-18-15/h3-6,9,20H,7-8,10-11H2,1-2H3,(H,17,18). The number of rotatable bonds is 6. The van der Waals surface area contributed by atoms with E-state index in [9.17, 15) is 4.79 Å². The summed E-state index contributed by atoms with van der Waals surface area (Å²) in [5, 5.41) is 9.14. The Hall–Kier alpha value is -2.14. The number of amides is 1. The van der Waals surface area contributed by atoms with Crippen molar-refractivity contribution in [2.75, 3.05) is 13.2 Å². The molecule has 0 aliphatic rings. The number of imidazole rings is 1. The van der Waals surface area contributed by atoms with Gasteiger partial charge in [-0.15, -0.1) is 0 Å². The van der Waals surface area contributed by atoms with Gasteiger partial charge in [0.2, 0.25) is 5.91 Å². The van der Waals surface area contributed by atoms with Gasteiger partial charge in [0.05, 0.1) is 19.6 Å². The molecule has 2 aromatic rings. The van der Waals surface area contributed by atoms with E-state index in [1.54, 1.807) is 17.3 Å². The van der Waals surface area contributed by atoms with E-state index in [-0.39, 0.29) is 12.5 Å². The molecule has 5 heteroatoms. The summed E-state index contributed by atoms with van der Waals surface area (Å²) in [5.41, 5.74) is 3.39. The molecule has 0 saturated carbocycles.